The molecule has 2 aromatic rings. The van der Waals surface area contributed by atoms with Crippen LogP contribution in [-0.2, 0) is 6.54 Å². The molecule has 0 spiro atoms. The first kappa shape index (κ1) is 13.1. The predicted molar refractivity (Wildman–Crippen MR) is 68.4 cm³/mol. The average molecular weight is 261 g/mol. The zero-order valence-corrected chi connectivity index (χ0v) is 10.8. The van der Waals surface area contributed by atoms with E-state index in [2.05, 4.69) is 16.4 Å². The summed E-state index contributed by atoms with van der Waals surface area (Å²) in [6.45, 7) is 4.88. The van der Waals surface area contributed by atoms with Crippen LogP contribution in [0.3, 0.4) is 0 Å². The van der Waals surface area contributed by atoms with E-state index in [1.165, 1.54) is 10.9 Å². The lowest BCUT2D eigenvalue weighted by Gasteiger charge is -2.07. The minimum Gasteiger partial charge on any atom is -0.492 e. The molecule has 0 fully saturated rings. The molecule has 0 saturated heterocycles. The van der Waals surface area contributed by atoms with Gasteiger partial charge in [0.2, 0.25) is 0 Å². The number of aryl methyl sites for hydroxylation is 2. The summed E-state index contributed by atoms with van der Waals surface area (Å²) in [6.07, 6.45) is 1.38. The fourth-order valence-electron chi connectivity index (χ4n) is 1.78. The molecule has 1 N–H and O–H groups in total. The average Bonchev–Trinajstić information content (AvgIpc) is 2.76. The van der Waals surface area contributed by atoms with E-state index in [9.17, 15) is 4.79 Å². The van der Waals surface area contributed by atoms with E-state index in [0.29, 0.717) is 13.2 Å². The summed E-state index contributed by atoms with van der Waals surface area (Å²) in [7, 11) is 0. The quantitative estimate of drug-likeness (QED) is 0.885. The summed E-state index contributed by atoms with van der Waals surface area (Å²) in [4.78, 5) is 10.6. The van der Waals surface area contributed by atoms with E-state index in [1.54, 1.807) is 0 Å². The van der Waals surface area contributed by atoms with Gasteiger partial charge in [-0.3, -0.25) is 0 Å². The van der Waals surface area contributed by atoms with E-state index in [4.69, 9.17) is 9.84 Å². The molecule has 100 valence electrons. The smallest absolute Gasteiger partial charge is 0.358 e. The predicted octanol–water partition coefficient (Wildman–Crippen LogP) is 1.67. The molecule has 6 heteroatoms. The third-order valence-corrected chi connectivity index (χ3v) is 2.54. The Morgan fingerprint density at radius 1 is 1.32 bits per heavy atom. The van der Waals surface area contributed by atoms with Gasteiger partial charge in [-0.2, -0.15) is 0 Å². The van der Waals surface area contributed by atoms with Gasteiger partial charge < -0.3 is 9.84 Å². The molecule has 0 radical (unpaired) electrons. The summed E-state index contributed by atoms with van der Waals surface area (Å²) in [5.74, 6) is -0.280. The normalized spacial score (nSPS) is 10.4. The maximum atomic E-state index is 10.6. The van der Waals surface area contributed by atoms with Gasteiger partial charge in [0.25, 0.3) is 0 Å². The van der Waals surface area contributed by atoms with Crippen molar-refractivity contribution in [3.8, 4) is 5.75 Å². The van der Waals surface area contributed by atoms with Gasteiger partial charge in [0.1, 0.15) is 12.4 Å². The minimum atomic E-state index is -1.08. The third-order valence-electron chi connectivity index (χ3n) is 2.54. The second-order valence-corrected chi connectivity index (χ2v) is 4.34. The fourth-order valence-corrected chi connectivity index (χ4v) is 1.78. The first-order valence-corrected chi connectivity index (χ1v) is 5.89. The zero-order chi connectivity index (χ0) is 13.8. The SMILES string of the molecule is Cc1cc(C)cc(OCCn2cc(C(=O)O)nn2)c1. The van der Waals surface area contributed by atoms with Crippen molar-refractivity contribution in [2.24, 2.45) is 0 Å². The second kappa shape index (κ2) is 5.51. The van der Waals surface area contributed by atoms with Crippen LogP contribution in [0.25, 0.3) is 0 Å². The van der Waals surface area contributed by atoms with Crippen LogP contribution in [0.15, 0.2) is 24.4 Å². The van der Waals surface area contributed by atoms with Crippen LogP contribution < -0.4 is 4.74 Å². The Labute approximate surface area is 110 Å². The van der Waals surface area contributed by atoms with Crippen molar-refractivity contribution in [2.75, 3.05) is 6.61 Å². The van der Waals surface area contributed by atoms with Crippen molar-refractivity contribution >= 4 is 5.97 Å². The molecular formula is C13H15N3O3. The lowest BCUT2D eigenvalue weighted by Crippen LogP contribution is -2.09. The topological polar surface area (TPSA) is 77.2 Å². The number of rotatable bonds is 5. The van der Waals surface area contributed by atoms with Gasteiger partial charge in [0.05, 0.1) is 12.7 Å². The highest BCUT2D eigenvalue weighted by atomic mass is 16.5. The highest BCUT2D eigenvalue weighted by Crippen LogP contribution is 2.16. The largest absolute Gasteiger partial charge is 0.492 e. The summed E-state index contributed by atoms with van der Waals surface area (Å²) >= 11 is 0. The number of ether oxygens (including phenoxy) is 1. The van der Waals surface area contributed by atoms with Crippen molar-refractivity contribution in [2.45, 2.75) is 20.4 Å². The Morgan fingerprint density at radius 3 is 2.58 bits per heavy atom. The van der Waals surface area contributed by atoms with Crippen LogP contribution >= 0.6 is 0 Å². The molecule has 0 amide bonds. The van der Waals surface area contributed by atoms with Gasteiger partial charge in [0.15, 0.2) is 5.69 Å². The van der Waals surface area contributed by atoms with Crippen LogP contribution in [0, 0.1) is 13.8 Å². The molecule has 0 aliphatic heterocycles. The second-order valence-electron chi connectivity index (χ2n) is 4.34. The van der Waals surface area contributed by atoms with E-state index >= 15 is 0 Å². The highest BCUT2D eigenvalue weighted by molar-refractivity contribution is 5.84. The summed E-state index contributed by atoms with van der Waals surface area (Å²) in [6, 6.07) is 5.98. The minimum absolute atomic E-state index is 0.0635. The maximum Gasteiger partial charge on any atom is 0.358 e. The molecule has 2 rings (SSSR count). The Bertz CT molecular complexity index is 572. The molecule has 0 aliphatic rings. The lowest BCUT2D eigenvalue weighted by molar-refractivity contribution is 0.0690. The van der Waals surface area contributed by atoms with E-state index in [-0.39, 0.29) is 5.69 Å². The maximum absolute atomic E-state index is 10.6. The summed E-state index contributed by atoms with van der Waals surface area (Å²) in [5.41, 5.74) is 2.22. The first-order chi connectivity index (χ1) is 9.04. The number of hydrogen-bond donors (Lipinski definition) is 1. The molecule has 0 bridgehead atoms. The van der Waals surface area contributed by atoms with E-state index in [1.807, 2.05) is 26.0 Å². The van der Waals surface area contributed by atoms with Crippen LogP contribution in [0.4, 0.5) is 0 Å². The van der Waals surface area contributed by atoms with Crippen molar-refractivity contribution in [1.29, 1.82) is 0 Å². The third kappa shape index (κ3) is 3.54. The van der Waals surface area contributed by atoms with E-state index in [0.717, 1.165) is 16.9 Å². The monoisotopic (exact) mass is 261 g/mol. The number of aromatic carboxylic acids is 1. The van der Waals surface area contributed by atoms with Crippen LogP contribution in [0.5, 0.6) is 5.75 Å². The standard InChI is InChI=1S/C13H15N3O3/c1-9-5-10(2)7-11(6-9)19-4-3-16-8-12(13(17)18)14-15-16/h5-8H,3-4H2,1-2H3,(H,17,18). The molecular weight excluding hydrogens is 246 g/mol. The Hall–Kier alpha value is -2.37. The molecule has 19 heavy (non-hydrogen) atoms. The molecule has 0 saturated carbocycles. The Morgan fingerprint density at radius 2 is 2.00 bits per heavy atom. The summed E-state index contributed by atoms with van der Waals surface area (Å²) < 4.78 is 7.06. The van der Waals surface area contributed by atoms with E-state index < -0.39 is 5.97 Å². The van der Waals surface area contributed by atoms with Gasteiger partial charge in [-0.15, -0.1) is 5.10 Å². The molecule has 1 aromatic carbocycles. The lowest BCUT2D eigenvalue weighted by atomic mass is 10.1. The number of carbonyl (C=O) groups is 1. The van der Waals surface area contributed by atoms with Gasteiger partial charge in [-0.25, -0.2) is 9.48 Å². The van der Waals surface area contributed by atoms with Crippen molar-refractivity contribution < 1.29 is 14.6 Å². The van der Waals surface area contributed by atoms with Gasteiger partial charge in [-0.1, -0.05) is 11.3 Å². The Kier molecular flexibility index (Phi) is 3.79. The van der Waals surface area contributed by atoms with Crippen molar-refractivity contribution in [3.63, 3.8) is 0 Å². The van der Waals surface area contributed by atoms with Crippen molar-refractivity contribution in [1.82, 2.24) is 15.0 Å². The molecule has 0 aliphatic carbocycles. The number of hydrogen-bond acceptors (Lipinski definition) is 4. The Balaban J connectivity index is 1.90. The van der Waals surface area contributed by atoms with Crippen LogP contribution in [0.2, 0.25) is 0 Å². The molecule has 6 nitrogen and oxygen atoms in total. The van der Waals surface area contributed by atoms with Gasteiger partial charge in [-0.05, 0) is 37.1 Å². The molecule has 1 heterocycles. The van der Waals surface area contributed by atoms with Gasteiger partial charge in [0, 0.05) is 0 Å². The van der Waals surface area contributed by atoms with Crippen LogP contribution in [-0.4, -0.2) is 32.7 Å². The van der Waals surface area contributed by atoms with Crippen molar-refractivity contribution in [3.05, 3.63) is 41.2 Å². The molecule has 1 aromatic heterocycles. The first-order valence-electron chi connectivity index (χ1n) is 5.89. The fraction of sp³-hybridized carbons (Fsp3) is 0.308. The summed E-state index contributed by atoms with van der Waals surface area (Å²) in [5, 5.41) is 16.0. The molecule has 0 unspecified atom stereocenters. The highest BCUT2D eigenvalue weighted by Gasteiger charge is 2.07. The number of carboxylic acids is 1. The zero-order valence-electron chi connectivity index (χ0n) is 10.8. The van der Waals surface area contributed by atoms with Gasteiger partial charge >= 0.3 is 5.97 Å². The van der Waals surface area contributed by atoms with Crippen LogP contribution in [0.1, 0.15) is 21.6 Å². The number of aromatic nitrogens is 3. The molecule has 0 atom stereocenters. The number of nitrogens with zero attached hydrogens (tertiary/aromatic N) is 3. The number of benzene rings is 1. The number of carboxylic acid groups (broad SMARTS) is 1.